The van der Waals surface area contributed by atoms with Crippen LogP contribution >= 0.6 is 0 Å². The van der Waals surface area contributed by atoms with Gasteiger partial charge in [-0.05, 0) is 30.4 Å². The third kappa shape index (κ3) is 2.39. The van der Waals surface area contributed by atoms with Crippen LogP contribution in [0, 0.1) is 0 Å². The molecule has 82 valence electrons. The predicted octanol–water partition coefficient (Wildman–Crippen LogP) is 2.30. The molecule has 2 atom stereocenters. The van der Waals surface area contributed by atoms with Gasteiger partial charge in [-0.2, -0.15) is 0 Å². The molecule has 0 aliphatic carbocycles. The molecular weight excluding hydrogens is 184 g/mol. The molecule has 2 nitrogen and oxygen atoms in total. The molecular formula is C13H20N2. The Balaban J connectivity index is 1.88. The number of hydrogen-bond acceptors (Lipinski definition) is 2. The second-order valence-corrected chi connectivity index (χ2v) is 4.34. The summed E-state index contributed by atoms with van der Waals surface area (Å²) in [6.45, 7) is 2.21. The van der Waals surface area contributed by atoms with E-state index in [4.69, 9.17) is 0 Å². The number of aryl methyl sites for hydroxylation is 2. The molecule has 0 spiro atoms. The summed E-state index contributed by atoms with van der Waals surface area (Å²) in [5.74, 6) is 0. The second-order valence-electron chi connectivity index (χ2n) is 4.34. The van der Waals surface area contributed by atoms with Crippen LogP contribution in [0.15, 0.2) is 24.3 Å². The lowest BCUT2D eigenvalue weighted by Crippen LogP contribution is -1.98. The van der Waals surface area contributed by atoms with Gasteiger partial charge in [-0.1, -0.05) is 31.2 Å². The summed E-state index contributed by atoms with van der Waals surface area (Å²) in [6.07, 6.45) is 4.22. The normalized spacial score (nSPS) is 29.1. The van der Waals surface area contributed by atoms with E-state index in [1.807, 2.05) is 0 Å². The first-order chi connectivity index (χ1) is 7.22. The van der Waals surface area contributed by atoms with Crippen LogP contribution in [0.1, 0.15) is 24.5 Å². The molecule has 1 heterocycles. The number of nitrogens with zero attached hydrogens (tertiary/aromatic N) is 2. The number of benzene rings is 1. The van der Waals surface area contributed by atoms with Crippen LogP contribution in [0.25, 0.3) is 0 Å². The Kier molecular flexibility index (Phi) is 3.08. The molecule has 1 aromatic rings. The van der Waals surface area contributed by atoms with Crippen LogP contribution in [-0.4, -0.2) is 30.3 Å². The number of rotatable bonds is 4. The first-order valence-electron chi connectivity index (χ1n) is 5.75. The smallest absolute Gasteiger partial charge is 0.0891 e. The standard InChI is InChI=1S/C13H20N2/c1-4-11-6-5-7-12(10-11)8-9-13-14(2)15(13)3/h5-7,10,13H,4,8-9H2,1-3H3. The van der Waals surface area contributed by atoms with Crippen molar-refractivity contribution in [3.05, 3.63) is 35.4 Å². The van der Waals surface area contributed by atoms with Crippen LogP contribution in [0.2, 0.25) is 0 Å². The maximum Gasteiger partial charge on any atom is 0.0891 e. The number of hydrogen-bond donors (Lipinski definition) is 0. The van der Waals surface area contributed by atoms with Crippen LogP contribution < -0.4 is 0 Å². The second kappa shape index (κ2) is 4.33. The summed E-state index contributed by atoms with van der Waals surface area (Å²) in [4.78, 5) is 0. The van der Waals surface area contributed by atoms with Crippen LogP contribution in [0.3, 0.4) is 0 Å². The highest BCUT2D eigenvalue weighted by Gasteiger charge is 2.36. The molecule has 1 fully saturated rings. The van der Waals surface area contributed by atoms with Gasteiger partial charge in [-0.25, -0.2) is 10.0 Å². The zero-order valence-corrected chi connectivity index (χ0v) is 9.90. The Hall–Kier alpha value is -0.860. The largest absolute Gasteiger partial charge is 0.225 e. The van der Waals surface area contributed by atoms with Gasteiger partial charge in [-0.15, -0.1) is 0 Å². The van der Waals surface area contributed by atoms with E-state index in [0.717, 1.165) is 6.42 Å². The van der Waals surface area contributed by atoms with Gasteiger partial charge in [-0.3, -0.25) is 0 Å². The Labute approximate surface area is 92.5 Å². The highest BCUT2D eigenvalue weighted by molar-refractivity contribution is 5.23. The van der Waals surface area contributed by atoms with Gasteiger partial charge in [0, 0.05) is 14.1 Å². The SMILES string of the molecule is CCc1cccc(CCC2N(C)N2C)c1. The van der Waals surface area contributed by atoms with Crippen molar-refractivity contribution >= 4 is 0 Å². The summed E-state index contributed by atoms with van der Waals surface area (Å²) in [6, 6.07) is 8.96. The summed E-state index contributed by atoms with van der Waals surface area (Å²) in [5.41, 5.74) is 2.92. The average Bonchev–Trinajstić information content (AvgIpc) is 2.84. The fraction of sp³-hybridized carbons (Fsp3) is 0.538. The first-order valence-corrected chi connectivity index (χ1v) is 5.75. The van der Waals surface area contributed by atoms with E-state index in [9.17, 15) is 0 Å². The van der Waals surface area contributed by atoms with Crippen molar-refractivity contribution in [1.82, 2.24) is 10.0 Å². The molecule has 1 aromatic carbocycles. The Morgan fingerprint density at radius 2 is 1.80 bits per heavy atom. The van der Waals surface area contributed by atoms with Gasteiger partial charge in [0.1, 0.15) is 0 Å². The minimum absolute atomic E-state index is 0.662. The minimum atomic E-state index is 0.662. The van der Waals surface area contributed by atoms with Gasteiger partial charge in [0.15, 0.2) is 0 Å². The molecule has 0 saturated carbocycles. The highest BCUT2D eigenvalue weighted by atomic mass is 15.8. The van der Waals surface area contributed by atoms with E-state index >= 15 is 0 Å². The van der Waals surface area contributed by atoms with Crippen LogP contribution in [0.4, 0.5) is 0 Å². The van der Waals surface area contributed by atoms with E-state index in [0.29, 0.717) is 6.17 Å². The molecule has 1 saturated heterocycles. The third-order valence-corrected chi connectivity index (χ3v) is 3.40. The van der Waals surface area contributed by atoms with E-state index < -0.39 is 0 Å². The molecule has 0 aromatic heterocycles. The third-order valence-electron chi connectivity index (χ3n) is 3.40. The molecule has 0 N–H and O–H groups in total. The molecule has 1 aliphatic heterocycles. The van der Waals surface area contributed by atoms with Crippen LogP contribution in [0.5, 0.6) is 0 Å². The fourth-order valence-electron chi connectivity index (χ4n) is 2.10. The summed E-state index contributed by atoms with van der Waals surface area (Å²) >= 11 is 0. The van der Waals surface area contributed by atoms with Crippen molar-refractivity contribution in [3.63, 3.8) is 0 Å². The van der Waals surface area contributed by atoms with E-state index in [2.05, 4.69) is 55.3 Å². The minimum Gasteiger partial charge on any atom is -0.225 e. The Morgan fingerprint density at radius 3 is 2.40 bits per heavy atom. The quantitative estimate of drug-likeness (QED) is 0.694. The van der Waals surface area contributed by atoms with Crippen molar-refractivity contribution in [1.29, 1.82) is 0 Å². The zero-order chi connectivity index (χ0) is 10.8. The van der Waals surface area contributed by atoms with Crippen molar-refractivity contribution < 1.29 is 0 Å². The summed E-state index contributed by atoms with van der Waals surface area (Å²) in [7, 11) is 4.29. The number of hydrazine groups is 1. The van der Waals surface area contributed by atoms with Crippen molar-refractivity contribution in [3.8, 4) is 0 Å². The molecule has 1 aliphatic rings. The van der Waals surface area contributed by atoms with E-state index in [1.54, 1.807) is 0 Å². The molecule has 0 radical (unpaired) electrons. The van der Waals surface area contributed by atoms with E-state index in [-0.39, 0.29) is 0 Å². The maximum absolute atomic E-state index is 2.34. The van der Waals surface area contributed by atoms with E-state index in [1.165, 1.54) is 24.0 Å². The Morgan fingerprint density at radius 1 is 1.13 bits per heavy atom. The molecule has 2 heteroatoms. The highest BCUT2D eigenvalue weighted by Crippen LogP contribution is 2.25. The first kappa shape index (κ1) is 10.7. The zero-order valence-electron chi connectivity index (χ0n) is 9.90. The molecule has 0 bridgehead atoms. The fourth-order valence-corrected chi connectivity index (χ4v) is 2.10. The lowest BCUT2D eigenvalue weighted by molar-refractivity contribution is 0.412. The van der Waals surface area contributed by atoms with Crippen LogP contribution in [-0.2, 0) is 12.8 Å². The summed E-state index contributed by atoms with van der Waals surface area (Å²) < 4.78 is 0. The van der Waals surface area contributed by atoms with Crippen molar-refractivity contribution in [2.24, 2.45) is 0 Å². The molecule has 15 heavy (non-hydrogen) atoms. The maximum atomic E-state index is 2.34. The molecule has 0 amide bonds. The molecule has 2 unspecified atom stereocenters. The van der Waals surface area contributed by atoms with Gasteiger partial charge in [0.05, 0.1) is 6.17 Å². The summed E-state index contributed by atoms with van der Waals surface area (Å²) in [5, 5.41) is 4.56. The topological polar surface area (TPSA) is 6.02 Å². The van der Waals surface area contributed by atoms with Gasteiger partial charge in [0.2, 0.25) is 0 Å². The van der Waals surface area contributed by atoms with Gasteiger partial charge >= 0.3 is 0 Å². The molecule has 2 rings (SSSR count). The van der Waals surface area contributed by atoms with Crippen molar-refractivity contribution in [2.45, 2.75) is 32.4 Å². The van der Waals surface area contributed by atoms with Crippen molar-refractivity contribution in [2.75, 3.05) is 14.1 Å². The monoisotopic (exact) mass is 204 g/mol. The average molecular weight is 204 g/mol. The van der Waals surface area contributed by atoms with Gasteiger partial charge in [0.25, 0.3) is 0 Å². The Bertz CT molecular complexity index is 327. The lowest BCUT2D eigenvalue weighted by atomic mass is 10.0. The lowest BCUT2D eigenvalue weighted by Gasteiger charge is -2.02. The van der Waals surface area contributed by atoms with Gasteiger partial charge < -0.3 is 0 Å². The predicted molar refractivity (Wildman–Crippen MR) is 63.5 cm³/mol.